The largest absolute Gasteiger partial charge is 0.496 e. The summed E-state index contributed by atoms with van der Waals surface area (Å²) in [6.07, 6.45) is 0.0385. The standard InChI is InChI=1S/C14H17Br2NO3/c1-9-8-20-11(6-15)7-17(9)14(18)12-4-3-10(16)5-13(12)19-2/h3-5,9,11H,6-8H2,1-2H3. The molecule has 1 saturated heterocycles. The molecule has 0 radical (unpaired) electrons. The molecule has 0 spiro atoms. The Morgan fingerprint density at radius 3 is 2.95 bits per heavy atom. The van der Waals surface area contributed by atoms with Gasteiger partial charge in [-0.05, 0) is 25.1 Å². The number of amides is 1. The number of ether oxygens (including phenoxy) is 2. The first kappa shape index (κ1) is 15.8. The van der Waals surface area contributed by atoms with Crippen LogP contribution in [-0.2, 0) is 4.74 Å². The summed E-state index contributed by atoms with van der Waals surface area (Å²) in [6.45, 7) is 3.14. The van der Waals surface area contributed by atoms with Crippen molar-refractivity contribution in [1.29, 1.82) is 0 Å². The number of methoxy groups -OCH3 is 1. The van der Waals surface area contributed by atoms with Crippen molar-refractivity contribution in [3.8, 4) is 5.75 Å². The van der Waals surface area contributed by atoms with Gasteiger partial charge in [-0.2, -0.15) is 0 Å². The fraction of sp³-hybridized carbons (Fsp3) is 0.500. The third-order valence-electron chi connectivity index (χ3n) is 3.33. The summed E-state index contributed by atoms with van der Waals surface area (Å²) in [7, 11) is 1.57. The number of benzene rings is 1. The highest BCUT2D eigenvalue weighted by Gasteiger charge is 2.31. The van der Waals surface area contributed by atoms with Gasteiger partial charge in [-0.3, -0.25) is 4.79 Å². The number of hydrogen-bond acceptors (Lipinski definition) is 3. The Bertz CT molecular complexity index is 495. The summed E-state index contributed by atoms with van der Waals surface area (Å²) in [4.78, 5) is 14.6. The van der Waals surface area contributed by atoms with E-state index in [0.717, 1.165) is 9.80 Å². The normalized spacial score (nSPS) is 22.7. The Kier molecular flexibility index (Phi) is 5.46. The molecule has 0 bridgehead atoms. The lowest BCUT2D eigenvalue weighted by Crippen LogP contribution is -2.51. The Labute approximate surface area is 135 Å². The van der Waals surface area contributed by atoms with E-state index in [0.29, 0.717) is 24.5 Å². The summed E-state index contributed by atoms with van der Waals surface area (Å²) in [6, 6.07) is 5.51. The van der Waals surface area contributed by atoms with Crippen molar-refractivity contribution in [1.82, 2.24) is 4.90 Å². The summed E-state index contributed by atoms with van der Waals surface area (Å²) >= 11 is 6.79. The van der Waals surface area contributed by atoms with Crippen LogP contribution < -0.4 is 4.74 Å². The lowest BCUT2D eigenvalue weighted by atomic mass is 10.1. The summed E-state index contributed by atoms with van der Waals surface area (Å²) in [5.74, 6) is 0.564. The maximum Gasteiger partial charge on any atom is 0.258 e. The van der Waals surface area contributed by atoms with Crippen molar-refractivity contribution in [3.05, 3.63) is 28.2 Å². The highest BCUT2D eigenvalue weighted by atomic mass is 79.9. The predicted octanol–water partition coefficient (Wildman–Crippen LogP) is 3.08. The van der Waals surface area contributed by atoms with Crippen LogP contribution in [-0.4, -0.2) is 48.5 Å². The van der Waals surface area contributed by atoms with Gasteiger partial charge in [0.1, 0.15) is 5.75 Å². The third kappa shape index (κ3) is 3.35. The number of rotatable bonds is 3. The number of hydrogen-bond donors (Lipinski definition) is 0. The summed E-state index contributed by atoms with van der Waals surface area (Å²) in [5, 5.41) is 0.723. The second kappa shape index (κ2) is 6.91. The highest BCUT2D eigenvalue weighted by Crippen LogP contribution is 2.26. The van der Waals surface area contributed by atoms with Crippen LogP contribution >= 0.6 is 31.9 Å². The van der Waals surface area contributed by atoms with Crippen molar-refractivity contribution in [2.75, 3.05) is 25.6 Å². The first-order chi connectivity index (χ1) is 9.56. The number of morpholine rings is 1. The van der Waals surface area contributed by atoms with Gasteiger partial charge < -0.3 is 14.4 Å². The van der Waals surface area contributed by atoms with Gasteiger partial charge in [0.25, 0.3) is 5.91 Å². The van der Waals surface area contributed by atoms with Crippen molar-refractivity contribution in [2.24, 2.45) is 0 Å². The molecule has 1 aliphatic rings. The Hall–Kier alpha value is -0.590. The van der Waals surface area contributed by atoms with Crippen LogP contribution in [0.3, 0.4) is 0 Å². The predicted molar refractivity (Wildman–Crippen MR) is 84.7 cm³/mol. The average Bonchev–Trinajstić information content (AvgIpc) is 2.47. The number of carbonyl (C=O) groups excluding carboxylic acids is 1. The van der Waals surface area contributed by atoms with E-state index < -0.39 is 0 Å². The molecular formula is C14H17Br2NO3. The number of carbonyl (C=O) groups is 1. The molecule has 2 atom stereocenters. The lowest BCUT2D eigenvalue weighted by Gasteiger charge is -2.37. The second-order valence-corrected chi connectivity index (χ2v) is 6.32. The summed E-state index contributed by atoms with van der Waals surface area (Å²) in [5.41, 5.74) is 0.581. The maximum atomic E-state index is 12.7. The molecule has 0 N–H and O–H groups in total. The van der Waals surface area contributed by atoms with E-state index >= 15 is 0 Å². The molecule has 1 amide bonds. The van der Waals surface area contributed by atoms with E-state index in [4.69, 9.17) is 9.47 Å². The van der Waals surface area contributed by atoms with E-state index in [-0.39, 0.29) is 18.1 Å². The lowest BCUT2D eigenvalue weighted by molar-refractivity contribution is -0.0362. The monoisotopic (exact) mass is 405 g/mol. The first-order valence-electron chi connectivity index (χ1n) is 6.39. The molecule has 4 nitrogen and oxygen atoms in total. The topological polar surface area (TPSA) is 38.8 Å². The van der Waals surface area contributed by atoms with Gasteiger partial charge in [-0.25, -0.2) is 0 Å². The van der Waals surface area contributed by atoms with Crippen LogP contribution in [0.4, 0.5) is 0 Å². The van der Waals surface area contributed by atoms with Crippen molar-refractivity contribution in [2.45, 2.75) is 19.1 Å². The Morgan fingerprint density at radius 1 is 1.55 bits per heavy atom. The Morgan fingerprint density at radius 2 is 2.30 bits per heavy atom. The van der Waals surface area contributed by atoms with Crippen molar-refractivity contribution < 1.29 is 14.3 Å². The summed E-state index contributed by atoms with van der Waals surface area (Å²) < 4.78 is 11.8. The molecule has 0 aliphatic carbocycles. The third-order valence-corrected chi connectivity index (χ3v) is 4.55. The van der Waals surface area contributed by atoms with E-state index in [9.17, 15) is 4.79 Å². The average molecular weight is 407 g/mol. The zero-order valence-corrected chi connectivity index (χ0v) is 14.6. The SMILES string of the molecule is COc1cc(Br)ccc1C(=O)N1CC(CBr)OCC1C. The Balaban J connectivity index is 2.25. The van der Waals surface area contributed by atoms with Gasteiger partial charge in [-0.15, -0.1) is 0 Å². The zero-order chi connectivity index (χ0) is 14.7. The van der Waals surface area contributed by atoms with Gasteiger partial charge in [0.05, 0.1) is 31.4 Å². The molecule has 1 heterocycles. The molecule has 2 rings (SSSR count). The minimum atomic E-state index is -0.0175. The first-order valence-corrected chi connectivity index (χ1v) is 8.30. The van der Waals surface area contributed by atoms with Crippen LogP contribution in [0, 0.1) is 0 Å². The van der Waals surface area contributed by atoms with Gasteiger partial charge in [0.2, 0.25) is 0 Å². The number of alkyl halides is 1. The van der Waals surface area contributed by atoms with Crippen LogP contribution in [0.1, 0.15) is 17.3 Å². The molecule has 1 aromatic carbocycles. The van der Waals surface area contributed by atoms with Gasteiger partial charge in [-0.1, -0.05) is 31.9 Å². The molecule has 2 unspecified atom stereocenters. The van der Waals surface area contributed by atoms with Gasteiger partial charge in [0.15, 0.2) is 0 Å². The fourth-order valence-corrected chi connectivity index (χ4v) is 2.92. The fourth-order valence-electron chi connectivity index (χ4n) is 2.19. The quantitative estimate of drug-likeness (QED) is 0.724. The molecule has 0 saturated carbocycles. The van der Waals surface area contributed by atoms with E-state index in [2.05, 4.69) is 31.9 Å². The smallest absolute Gasteiger partial charge is 0.258 e. The molecule has 6 heteroatoms. The minimum Gasteiger partial charge on any atom is -0.496 e. The molecule has 1 aliphatic heterocycles. The molecule has 0 aromatic heterocycles. The van der Waals surface area contributed by atoms with Crippen molar-refractivity contribution in [3.63, 3.8) is 0 Å². The van der Waals surface area contributed by atoms with Crippen molar-refractivity contribution >= 4 is 37.8 Å². The van der Waals surface area contributed by atoms with Gasteiger partial charge in [0, 0.05) is 16.3 Å². The molecule has 110 valence electrons. The highest BCUT2D eigenvalue weighted by molar-refractivity contribution is 9.10. The van der Waals surface area contributed by atoms with Crippen LogP contribution in [0.25, 0.3) is 0 Å². The zero-order valence-electron chi connectivity index (χ0n) is 11.4. The van der Waals surface area contributed by atoms with Crippen LogP contribution in [0.5, 0.6) is 5.75 Å². The van der Waals surface area contributed by atoms with Gasteiger partial charge >= 0.3 is 0 Å². The van der Waals surface area contributed by atoms with Crippen LogP contribution in [0.15, 0.2) is 22.7 Å². The molecular weight excluding hydrogens is 390 g/mol. The van der Waals surface area contributed by atoms with E-state index in [1.165, 1.54) is 0 Å². The molecule has 1 aromatic rings. The number of halogens is 2. The molecule has 20 heavy (non-hydrogen) atoms. The van der Waals surface area contributed by atoms with E-state index in [1.807, 2.05) is 17.9 Å². The maximum absolute atomic E-state index is 12.7. The second-order valence-electron chi connectivity index (χ2n) is 4.76. The molecule has 1 fully saturated rings. The number of nitrogens with zero attached hydrogens (tertiary/aromatic N) is 1. The van der Waals surface area contributed by atoms with E-state index in [1.54, 1.807) is 19.2 Å². The van der Waals surface area contributed by atoms with Crippen LogP contribution in [0.2, 0.25) is 0 Å². The minimum absolute atomic E-state index is 0.0175.